The standard InChI is InChI=1S/C9H11ClN4O2S.2C2H6/c1-6-5-14(17(15,16)13(2)3)9-8(6)12-7(10)4-11-9;2*1-2/h4-5H,1-3H3;2*1-2H3. The predicted molar refractivity (Wildman–Crippen MR) is 88.0 cm³/mol. The monoisotopic (exact) mass is 334 g/mol. The Morgan fingerprint density at radius 2 is 1.71 bits per heavy atom. The van der Waals surface area contributed by atoms with Crippen molar-refractivity contribution in [1.82, 2.24) is 18.2 Å². The van der Waals surface area contributed by atoms with Gasteiger partial charge in [-0.3, -0.25) is 0 Å². The van der Waals surface area contributed by atoms with E-state index in [-0.39, 0.29) is 10.8 Å². The van der Waals surface area contributed by atoms with Crippen LogP contribution in [0.2, 0.25) is 5.15 Å². The van der Waals surface area contributed by atoms with Crippen molar-refractivity contribution in [2.45, 2.75) is 34.6 Å². The minimum absolute atomic E-state index is 0.237. The third kappa shape index (κ3) is 4.15. The van der Waals surface area contributed by atoms with E-state index in [0.717, 1.165) is 8.28 Å². The van der Waals surface area contributed by atoms with Gasteiger partial charge in [-0.1, -0.05) is 39.3 Å². The summed E-state index contributed by atoms with van der Waals surface area (Å²) in [5, 5.41) is 0.237. The largest absolute Gasteiger partial charge is 0.308 e. The van der Waals surface area contributed by atoms with Crippen molar-refractivity contribution in [3.05, 3.63) is 23.1 Å². The third-order valence-corrected chi connectivity index (χ3v) is 4.21. The Morgan fingerprint density at radius 3 is 2.19 bits per heavy atom. The van der Waals surface area contributed by atoms with Crippen molar-refractivity contribution in [3.8, 4) is 0 Å². The molecule has 21 heavy (non-hydrogen) atoms. The summed E-state index contributed by atoms with van der Waals surface area (Å²) in [6.07, 6.45) is 2.81. The summed E-state index contributed by atoms with van der Waals surface area (Å²) in [5.74, 6) is 0. The number of rotatable bonds is 2. The van der Waals surface area contributed by atoms with Crippen LogP contribution in [0.25, 0.3) is 11.2 Å². The number of hydrogen-bond acceptors (Lipinski definition) is 4. The van der Waals surface area contributed by atoms with E-state index in [1.807, 2.05) is 27.7 Å². The van der Waals surface area contributed by atoms with Crippen molar-refractivity contribution in [2.24, 2.45) is 0 Å². The highest BCUT2D eigenvalue weighted by Gasteiger charge is 2.21. The lowest BCUT2D eigenvalue weighted by molar-refractivity contribution is 0.512. The van der Waals surface area contributed by atoms with Crippen molar-refractivity contribution in [2.75, 3.05) is 14.1 Å². The molecule has 8 heteroatoms. The van der Waals surface area contributed by atoms with Gasteiger partial charge in [0.2, 0.25) is 0 Å². The molecule has 0 fully saturated rings. The number of hydrogen-bond donors (Lipinski definition) is 0. The molecular formula is C13H23ClN4O2S. The van der Waals surface area contributed by atoms with E-state index >= 15 is 0 Å². The average molecular weight is 335 g/mol. The molecule has 0 atom stereocenters. The highest BCUT2D eigenvalue weighted by Crippen LogP contribution is 2.20. The lowest BCUT2D eigenvalue weighted by Gasteiger charge is -2.12. The van der Waals surface area contributed by atoms with Crippen LogP contribution in [0.15, 0.2) is 12.4 Å². The van der Waals surface area contributed by atoms with Gasteiger partial charge < -0.3 is 0 Å². The summed E-state index contributed by atoms with van der Waals surface area (Å²) in [5.41, 5.74) is 1.48. The fourth-order valence-electron chi connectivity index (χ4n) is 1.44. The molecule has 0 amide bonds. The summed E-state index contributed by atoms with van der Waals surface area (Å²) in [7, 11) is -0.675. The van der Waals surface area contributed by atoms with Crippen molar-refractivity contribution < 1.29 is 8.42 Å². The smallest absolute Gasteiger partial charge is 0.233 e. The van der Waals surface area contributed by atoms with E-state index in [1.54, 1.807) is 6.92 Å². The fraction of sp³-hybridized carbons (Fsp3) is 0.538. The molecule has 0 aromatic carbocycles. The summed E-state index contributed by atoms with van der Waals surface area (Å²) in [6, 6.07) is 0. The number of aromatic nitrogens is 3. The van der Waals surface area contributed by atoms with Gasteiger partial charge >= 0.3 is 10.2 Å². The topological polar surface area (TPSA) is 68.1 Å². The maximum absolute atomic E-state index is 12.0. The molecule has 0 unspecified atom stereocenters. The highest BCUT2D eigenvalue weighted by atomic mass is 35.5. The second-order valence-electron chi connectivity index (χ2n) is 3.76. The summed E-state index contributed by atoms with van der Waals surface area (Å²) in [4.78, 5) is 8.08. The minimum Gasteiger partial charge on any atom is -0.233 e. The molecular weight excluding hydrogens is 312 g/mol. The van der Waals surface area contributed by atoms with Crippen LogP contribution >= 0.6 is 11.6 Å². The third-order valence-electron chi connectivity index (χ3n) is 2.33. The average Bonchev–Trinajstić information content (AvgIpc) is 2.80. The van der Waals surface area contributed by atoms with Crippen LogP contribution in [0.5, 0.6) is 0 Å². The van der Waals surface area contributed by atoms with E-state index < -0.39 is 10.2 Å². The molecule has 0 spiro atoms. The second kappa shape index (κ2) is 8.31. The molecule has 0 radical (unpaired) electrons. The van der Waals surface area contributed by atoms with Gasteiger partial charge in [-0.2, -0.15) is 12.7 Å². The zero-order chi connectivity index (χ0) is 16.8. The number of fused-ring (bicyclic) bond motifs is 1. The first kappa shape index (κ1) is 19.8. The van der Waals surface area contributed by atoms with Crippen molar-refractivity contribution >= 4 is 33.0 Å². The molecule has 0 aliphatic carbocycles. The Kier molecular flexibility index (Phi) is 7.84. The van der Waals surface area contributed by atoms with Crippen LogP contribution in [0.4, 0.5) is 0 Å². The molecule has 0 N–H and O–H groups in total. The molecule has 6 nitrogen and oxygen atoms in total. The minimum atomic E-state index is -3.59. The Morgan fingerprint density at radius 1 is 1.19 bits per heavy atom. The summed E-state index contributed by atoms with van der Waals surface area (Å²) in [6.45, 7) is 9.76. The number of aryl methyl sites for hydroxylation is 1. The quantitative estimate of drug-likeness (QED) is 0.846. The SMILES string of the molecule is CC.CC.Cc1cn(S(=O)(=O)N(C)C)c2ncc(Cl)nc12. The summed E-state index contributed by atoms with van der Waals surface area (Å²) < 4.78 is 26.3. The van der Waals surface area contributed by atoms with Crippen LogP contribution in [0, 0.1) is 6.92 Å². The molecule has 120 valence electrons. The van der Waals surface area contributed by atoms with Crippen LogP contribution < -0.4 is 0 Å². The molecule has 0 saturated carbocycles. The first-order valence-corrected chi connectivity index (χ1v) is 8.54. The van der Waals surface area contributed by atoms with Crippen LogP contribution in [-0.2, 0) is 10.2 Å². The zero-order valence-electron chi connectivity index (χ0n) is 13.5. The lowest BCUT2D eigenvalue weighted by Crippen LogP contribution is -2.28. The molecule has 0 aliphatic heterocycles. The van der Waals surface area contributed by atoms with Gasteiger partial charge in [-0.05, 0) is 12.5 Å². The number of nitrogens with zero attached hydrogens (tertiary/aromatic N) is 4. The van der Waals surface area contributed by atoms with Crippen LogP contribution in [0.1, 0.15) is 33.3 Å². The molecule has 2 heterocycles. The van der Waals surface area contributed by atoms with Gasteiger partial charge in [0.25, 0.3) is 0 Å². The Hall–Kier alpha value is -1.18. The molecule has 2 rings (SSSR count). The normalized spacial score (nSPS) is 10.7. The molecule has 2 aromatic rings. The maximum atomic E-state index is 12.0. The zero-order valence-corrected chi connectivity index (χ0v) is 15.1. The van der Waals surface area contributed by atoms with E-state index in [1.165, 1.54) is 26.5 Å². The van der Waals surface area contributed by atoms with Crippen LogP contribution in [0.3, 0.4) is 0 Å². The second-order valence-corrected chi connectivity index (χ2v) is 6.17. The van der Waals surface area contributed by atoms with Crippen molar-refractivity contribution in [1.29, 1.82) is 0 Å². The first-order valence-electron chi connectivity index (χ1n) is 6.77. The van der Waals surface area contributed by atoms with E-state index in [9.17, 15) is 8.42 Å². The van der Waals surface area contributed by atoms with Gasteiger partial charge in [0.1, 0.15) is 10.7 Å². The Balaban J connectivity index is 0.000000921. The summed E-state index contributed by atoms with van der Waals surface area (Å²) >= 11 is 5.73. The highest BCUT2D eigenvalue weighted by molar-refractivity contribution is 7.87. The van der Waals surface area contributed by atoms with Gasteiger partial charge in [0.05, 0.1) is 6.20 Å². The predicted octanol–water partition coefficient (Wildman–Crippen LogP) is 3.10. The van der Waals surface area contributed by atoms with E-state index in [2.05, 4.69) is 9.97 Å². The Labute approximate surface area is 131 Å². The van der Waals surface area contributed by atoms with Gasteiger partial charge in [-0.15, -0.1) is 0 Å². The van der Waals surface area contributed by atoms with E-state index in [4.69, 9.17) is 11.6 Å². The van der Waals surface area contributed by atoms with Crippen LogP contribution in [-0.4, -0.2) is 40.8 Å². The van der Waals surface area contributed by atoms with Gasteiger partial charge in [0.15, 0.2) is 5.65 Å². The van der Waals surface area contributed by atoms with Gasteiger partial charge in [0, 0.05) is 20.3 Å². The van der Waals surface area contributed by atoms with E-state index in [0.29, 0.717) is 11.1 Å². The van der Waals surface area contributed by atoms with Crippen molar-refractivity contribution in [3.63, 3.8) is 0 Å². The number of halogens is 1. The fourth-order valence-corrected chi connectivity index (χ4v) is 2.57. The molecule has 0 saturated heterocycles. The van der Waals surface area contributed by atoms with Gasteiger partial charge in [-0.25, -0.2) is 13.9 Å². The maximum Gasteiger partial charge on any atom is 0.308 e. The Bertz CT molecular complexity index is 681. The lowest BCUT2D eigenvalue weighted by atomic mass is 10.3. The molecule has 0 aliphatic rings. The molecule has 2 aromatic heterocycles. The molecule has 0 bridgehead atoms. The first-order chi connectivity index (χ1) is 9.84.